The van der Waals surface area contributed by atoms with Gasteiger partial charge in [0.1, 0.15) is 5.54 Å². The van der Waals surface area contributed by atoms with Crippen molar-refractivity contribution in [2.24, 2.45) is 0 Å². The zero-order valence-electron chi connectivity index (χ0n) is 11.5. The minimum absolute atomic E-state index is 0.308. The first-order valence-electron chi connectivity index (χ1n) is 7.00. The SMILES string of the molecule is Cc1ccc2c(c1)C(=O)N(C1(C#N)CCCCC1)C2=O. The summed E-state index contributed by atoms with van der Waals surface area (Å²) in [7, 11) is 0. The van der Waals surface area contributed by atoms with Gasteiger partial charge in [-0.25, -0.2) is 0 Å². The Balaban J connectivity index is 2.07. The Bertz CT molecular complexity index is 636. The number of imide groups is 1. The minimum atomic E-state index is -0.945. The molecular formula is C16H16N2O2. The number of rotatable bonds is 1. The van der Waals surface area contributed by atoms with Crippen LogP contribution in [-0.4, -0.2) is 22.3 Å². The van der Waals surface area contributed by atoms with Gasteiger partial charge in [-0.3, -0.25) is 14.5 Å². The predicted octanol–water partition coefficient (Wildman–Crippen LogP) is 2.82. The Kier molecular flexibility index (Phi) is 2.86. The number of benzene rings is 1. The zero-order valence-corrected chi connectivity index (χ0v) is 11.5. The van der Waals surface area contributed by atoms with Crippen molar-refractivity contribution in [1.29, 1.82) is 5.26 Å². The van der Waals surface area contributed by atoms with E-state index in [2.05, 4.69) is 6.07 Å². The first-order valence-corrected chi connectivity index (χ1v) is 7.00. The van der Waals surface area contributed by atoms with Crippen LogP contribution in [0.3, 0.4) is 0 Å². The van der Waals surface area contributed by atoms with E-state index in [1.807, 2.05) is 13.0 Å². The van der Waals surface area contributed by atoms with Gasteiger partial charge in [0.05, 0.1) is 17.2 Å². The molecule has 0 unspecified atom stereocenters. The Morgan fingerprint density at radius 2 is 1.75 bits per heavy atom. The molecule has 1 fully saturated rings. The predicted molar refractivity (Wildman–Crippen MR) is 73.1 cm³/mol. The number of amides is 2. The van der Waals surface area contributed by atoms with Gasteiger partial charge in [-0.15, -0.1) is 0 Å². The second-order valence-corrected chi connectivity index (χ2v) is 5.70. The molecule has 1 aromatic rings. The molecule has 0 spiro atoms. The lowest BCUT2D eigenvalue weighted by Crippen LogP contribution is -2.52. The van der Waals surface area contributed by atoms with E-state index in [9.17, 15) is 14.9 Å². The molecule has 0 N–H and O–H groups in total. The highest BCUT2D eigenvalue weighted by Crippen LogP contribution is 2.38. The van der Waals surface area contributed by atoms with Crippen LogP contribution in [0.2, 0.25) is 0 Å². The third-order valence-electron chi connectivity index (χ3n) is 4.36. The minimum Gasteiger partial charge on any atom is -0.269 e. The molecule has 3 rings (SSSR count). The number of hydrogen-bond acceptors (Lipinski definition) is 3. The van der Waals surface area contributed by atoms with E-state index in [0.717, 1.165) is 24.8 Å². The number of carbonyl (C=O) groups excluding carboxylic acids is 2. The van der Waals surface area contributed by atoms with Crippen molar-refractivity contribution in [3.63, 3.8) is 0 Å². The first kappa shape index (κ1) is 12.9. The fourth-order valence-electron chi connectivity index (χ4n) is 3.27. The van der Waals surface area contributed by atoms with E-state index in [1.54, 1.807) is 12.1 Å². The van der Waals surface area contributed by atoms with Crippen molar-refractivity contribution in [2.75, 3.05) is 0 Å². The van der Waals surface area contributed by atoms with Crippen molar-refractivity contribution in [3.8, 4) is 6.07 Å². The zero-order chi connectivity index (χ0) is 14.3. The largest absolute Gasteiger partial charge is 0.269 e. The Morgan fingerprint density at radius 1 is 1.10 bits per heavy atom. The average molecular weight is 268 g/mol. The summed E-state index contributed by atoms with van der Waals surface area (Å²) < 4.78 is 0. The molecule has 4 nitrogen and oxygen atoms in total. The second-order valence-electron chi connectivity index (χ2n) is 5.70. The molecule has 0 aromatic heterocycles. The van der Waals surface area contributed by atoms with Crippen molar-refractivity contribution in [1.82, 2.24) is 4.90 Å². The fraction of sp³-hybridized carbons (Fsp3) is 0.438. The number of hydrogen-bond donors (Lipinski definition) is 0. The standard InChI is InChI=1S/C16H16N2O2/c1-11-5-6-12-13(9-11)15(20)18(14(12)19)16(10-17)7-3-2-4-8-16/h5-6,9H,2-4,7-8H2,1H3. The van der Waals surface area contributed by atoms with Crippen LogP contribution < -0.4 is 0 Å². The highest BCUT2D eigenvalue weighted by atomic mass is 16.2. The van der Waals surface area contributed by atoms with E-state index in [-0.39, 0.29) is 11.8 Å². The van der Waals surface area contributed by atoms with Crippen LogP contribution in [0.15, 0.2) is 18.2 Å². The molecule has 1 aliphatic heterocycles. The lowest BCUT2D eigenvalue weighted by atomic mass is 9.81. The lowest BCUT2D eigenvalue weighted by Gasteiger charge is -2.37. The molecule has 2 aliphatic rings. The molecule has 0 radical (unpaired) electrons. The van der Waals surface area contributed by atoms with Gasteiger partial charge in [0.25, 0.3) is 11.8 Å². The van der Waals surface area contributed by atoms with Crippen LogP contribution in [0.5, 0.6) is 0 Å². The summed E-state index contributed by atoms with van der Waals surface area (Å²) in [4.78, 5) is 26.3. The number of aryl methyl sites for hydroxylation is 1. The lowest BCUT2D eigenvalue weighted by molar-refractivity contribution is 0.0448. The monoisotopic (exact) mass is 268 g/mol. The average Bonchev–Trinajstić information content (AvgIpc) is 2.71. The van der Waals surface area contributed by atoms with Crippen molar-refractivity contribution in [2.45, 2.75) is 44.6 Å². The topological polar surface area (TPSA) is 61.2 Å². The molecule has 0 saturated heterocycles. The van der Waals surface area contributed by atoms with Gasteiger partial charge in [-0.1, -0.05) is 30.9 Å². The summed E-state index contributed by atoms with van der Waals surface area (Å²) in [6, 6.07) is 7.51. The normalized spacial score (nSPS) is 20.7. The highest BCUT2D eigenvalue weighted by Gasteiger charge is 2.49. The molecule has 2 amide bonds. The van der Waals surface area contributed by atoms with Gasteiger partial charge < -0.3 is 0 Å². The van der Waals surface area contributed by atoms with Crippen LogP contribution in [0.4, 0.5) is 0 Å². The van der Waals surface area contributed by atoms with Gasteiger partial charge >= 0.3 is 0 Å². The quantitative estimate of drug-likeness (QED) is 0.736. The molecule has 1 saturated carbocycles. The number of fused-ring (bicyclic) bond motifs is 1. The molecule has 4 heteroatoms. The molecule has 0 bridgehead atoms. The van der Waals surface area contributed by atoms with Crippen LogP contribution in [0.25, 0.3) is 0 Å². The molecule has 0 atom stereocenters. The molecule has 1 aromatic carbocycles. The third-order valence-corrected chi connectivity index (χ3v) is 4.36. The van der Waals surface area contributed by atoms with Crippen LogP contribution >= 0.6 is 0 Å². The fourth-order valence-corrected chi connectivity index (χ4v) is 3.27. The van der Waals surface area contributed by atoms with Gasteiger partial charge in [0, 0.05) is 0 Å². The summed E-state index contributed by atoms with van der Waals surface area (Å²) in [5.74, 6) is -0.620. The summed E-state index contributed by atoms with van der Waals surface area (Å²) in [5.41, 5.74) is 0.872. The van der Waals surface area contributed by atoms with Gasteiger partial charge in [-0.05, 0) is 31.9 Å². The Labute approximate surface area is 118 Å². The third kappa shape index (κ3) is 1.66. The maximum atomic E-state index is 12.6. The number of nitrogens with zero attached hydrogens (tertiary/aromatic N) is 2. The maximum absolute atomic E-state index is 12.6. The maximum Gasteiger partial charge on any atom is 0.262 e. The summed E-state index contributed by atoms with van der Waals surface area (Å²) in [6.07, 6.45) is 4.02. The summed E-state index contributed by atoms with van der Waals surface area (Å²) >= 11 is 0. The molecule has 1 aliphatic carbocycles. The van der Waals surface area contributed by atoms with Crippen molar-refractivity contribution >= 4 is 11.8 Å². The Hall–Kier alpha value is -2.15. The summed E-state index contributed by atoms with van der Waals surface area (Å²) in [6.45, 7) is 1.89. The van der Waals surface area contributed by atoms with Crippen LogP contribution in [-0.2, 0) is 0 Å². The molecule has 102 valence electrons. The molecular weight excluding hydrogens is 252 g/mol. The van der Waals surface area contributed by atoms with E-state index in [4.69, 9.17) is 0 Å². The number of carbonyl (C=O) groups is 2. The van der Waals surface area contributed by atoms with Gasteiger partial charge in [0.15, 0.2) is 0 Å². The van der Waals surface area contributed by atoms with Gasteiger partial charge in [-0.2, -0.15) is 5.26 Å². The molecule has 1 heterocycles. The Morgan fingerprint density at radius 3 is 2.40 bits per heavy atom. The first-order chi connectivity index (χ1) is 9.59. The van der Waals surface area contributed by atoms with Crippen molar-refractivity contribution in [3.05, 3.63) is 34.9 Å². The van der Waals surface area contributed by atoms with E-state index < -0.39 is 5.54 Å². The van der Waals surface area contributed by atoms with Crippen molar-refractivity contribution < 1.29 is 9.59 Å². The van der Waals surface area contributed by atoms with E-state index in [0.29, 0.717) is 24.0 Å². The van der Waals surface area contributed by atoms with E-state index >= 15 is 0 Å². The summed E-state index contributed by atoms with van der Waals surface area (Å²) in [5, 5.41) is 9.57. The van der Waals surface area contributed by atoms with Gasteiger partial charge in [0.2, 0.25) is 0 Å². The second kappa shape index (κ2) is 4.45. The number of nitriles is 1. The van der Waals surface area contributed by atoms with E-state index in [1.165, 1.54) is 4.90 Å². The smallest absolute Gasteiger partial charge is 0.262 e. The highest BCUT2D eigenvalue weighted by molar-refractivity contribution is 6.22. The van der Waals surface area contributed by atoms with Crippen LogP contribution in [0.1, 0.15) is 58.4 Å². The molecule has 20 heavy (non-hydrogen) atoms. The van der Waals surface area contributed by atoms with Crippen LogP contribution in [0, 0.1) is 18.3 Å².